The molecular formula is C14H14ClN3O3S. The summed E-state index contributed by atoms with van der Waals surface area (Å²) in [5, 5.41) is 8.31. The van der Waals surface area contributed by atoms with Crippen LogP contribution in [0.3, 0.4) is 0 Å². The minimum Gasteiger partial charge on any atom is -0.365 e. The van der Waals surface area contributed by atoms with Crippen molar-refractivity contribution < 1.29 is 13.6 Å². The number of nitrogens with one attached hydrogen (secondary N) is 1. The van der Waals surface area contributed by atoms with Crippen LogP contribution in [0.5, 0.6) is 0 Å². The van der Waals surface area contributed by atoms with Gasteiger partial charge in [-0.3, -0.25) is 10.2 Å². The maximum Gasteiger partial charge on any atom is 0.252 e. The van der Waals surface area contributed by atoms with Crippen molar-refractivity contribution in [1.82, 2.24) is 4.57 Å². The molecule has 0 saturated heterocycles. The number of halogens is 1. The van der Waals surface area contributed by atoms with E-state index in [9.17, 15) is 9.00 Å². The van der Waals surface area contributed by atoms with E-state index in [1.165, 1.54) is 16.8 Å². The fraction of sp³-hybridized carbons (Fsp3) is 0.143. The summed E-state index contributed by atoms with van der Waals surface area (Å²) in [6.45, 7) is 0.243. The molecule has 1 aromatic heterocycles. The van der Waals surface area contributed by atoms with E-state index in [4.69, 9.17) is 27.3 Å². The Hall–Kier alpha value is -1.96. The zero-order chi connectivity index (χ0) is 16.3. The Morgan fingerprint density at radius 1 is 1.36 bits per heavy atom. The molecule has 1 atom stereocenters. The molecule has 2 aromatic rings. The second-order valence-electron chi connectivity index (χ2n) is 4.65. The molecular weight excluding hydrogens is 326 g/mol. The SMILES string of the molecule is N=c1c(C(N)=O)cc(Cl)cn1Cc1ccccc1CS(=O)O. The van der Waals surface area contributed by atoms with Gasteiger partial charge in [0.1, 0.15) is 5.49 Å². The molecule has 0 aliphatic rings. The first-order valence-corrected chi connectivity index (χ1v) is 7.92. The summed E-state index contributed by atoms with van der Waals surface area (Å²) in [6.07, 6.45) is 1.52. The Bertz CT molecular complexity index is 804. The Kier molecular flexibility index (Phi) is 5.12. The number of primary amides is 1. The number of hydrogen-bond acceptors (Lipinski definition) is 3. The summed E-state index contributed by atoms with van der Waals surface area (Å²) in [6, 6.07) is 8.44. The van der Waals surface area contributed by atoms with Gasteiger partial charge >= 0.3 is 0 Å². The third-order valence-electron chi connectivity index (χ3n) is 3.11. The van der Waals surface area contributed by atoms with Crippen LogP contribution in [0.25, 0.3) is 0 Å². The lowest BCUT2D eigenvalue weighted by Crippen LogP contribution is -2.30. The standard InChI is InChI=1S/C14H14ClN3O3S/c15-11-5-12(14(17)19)13(16)18(7-11)6-9-3-1-2-4-10(9)8-22(20)21/h1-5,7,16H,6,8H2,(H2,17,19)(H,20,21). The minimum atomic E-state index is -1.96. The van der Waals surface area contributed by atoms with E-state index in [2.05, 4.69) is 0 Å². The minimum absolute atomic E-state index is 0.00664. The predicted octanol–water partition coefficient (Wildman–Crippen LogP) is 1.49. The highest BCUT2D eigenvalue weighted by Crippen LogP contribution is 2.14. The Balaban J connectivity index is 2.46. The number of pyridine rings is 1. The average Bonchev–Trinajstić information content (AvgIpc) is 2.43. The van der Waals surface area contributed by atoms with E-state index < -0.39 is 17.0 Å². The van der Waals surface area contributed by atoms with Gasteiger partial charge in [0.15, 0.2) is 11.1 Å². The van der Waals surface area contributed by atoms with Gasteiger partial charge in [-0.15, -0.1) is 0 Å². The fourth-order valence-electron chi connectivity index (χ4n) is 2.09. The molecule has 0 bridgehead atoms. The lowest BCUT2D eigenvalue weighted by Gasteiger charge is -2.13. The summed E-state index contributed by atoms with van der Waals surface area (Å²) < 4.78 is 21.6. The van der Waals surface area contributed by atoms with Crippen LogP contribution < -0.4 is 11.2 Å². The van der Waals surface area contributed by atoms with Crippen molar-refractivity contribution in [2.45, 2.75) is 12.3 Å². The molecule has 0 aliphatic heterocycles. The molecule has 1 heterocycles. The maximum atomic E-state index is 11.3. The van der Waals surface area contributed by atoms with Crippen LogP contribution >= 0.6 is 11.6 Å². The highest BCUT2D eigenvalue weighted by atomic mass is 35.5. The van der Waals surface area contributed by atoms with Gasteiger partial charge in [0.05, 0.1) is 16.3 Å². The smallest absolute Gasteiger partial charge is 0.252 e. The Morgan fingerprint density at radius 2 is 2.00 bits per heavy atom. The first-order valence-electron chi connectivity index (χ1n) is 6.27. The van der Waals surface area contributed by atoms with E-state index in [1.807, 2.05) is 0 Å². The second-order valence-corrected chi connectivity index (χ2v) is 6.02. The number of rotatable bonds is 5. The van der Waals surface area contributed by atoms with Crippen LogP contribution in [-0.2, 0) is 23.4 Å². The summed E-state index contributed by atoms with van der Waals surface area (Å²) in [4.78, 5) is 11.3. The van der Waals surface area contributed by atoms with E-state index >= 15 is 0 Å². The quantitative estimate of drug-likeness (QED) is 0.718. The molecule has 0 radical (unpaired) electrons. The molecule has 116 valence electrons. The second kappa shape index (κ2) is 6.87. The van der Waals surface area contributed by atoms with Crippen LogP contribution in [0.4, 0.5) is 0 Å². The molecule has 1 aromatic carbocycles. The molecule has 0 spiro atoms. The molecule has 0 saturated carbocycles. The number of hydrogen-bond donors (Lipinski definition) is 3. The van der Waals surface area contributed by atoms with Crippen molar-refractivity contribution in [1.29, 1.82) is 5.41 Å². The molecule has 0 fully saturated rings. The first-order chi connectivity index (χ1) is 10.4. The van der Waals surface area contributed by atoms with Crippen molar-refractivity contribution in [3.8, 4) is 0 Å². The zero-order valence-electron chi connectivity index (χ0n) is 11.5. The Labute approximate surface area is 134 Å². The number of amides is 1. The predicted molar refractivity (Wildman–Crippen MR) is 83.8 cm³/mol. The monoisotopic (exact) mass is 339 g/mol. The number of nitrogens with two attached hydrogens (primary N) is 1. The fourth-order valence-corrected chi connectivity index (χ4v) is 2.87. The number of benzene rings is 1. The normalized spacial score (nSPS) is 12.1. The van der Waals surface area contributed by atoms with Gasteiger partial charge in [0.25, 0.3) is 5.91 Å². The molecule has 8 heteroatoms. The number of carbonyl (C=O) groups is 1. The zero-order valence-corrected chi connectivity index (χ0v) is 13.0. The summed E-state index contributed by atoms with van der Waals surface area (Å²) in [7, 11) is 0. The van der Waals surface area contributed by atoms with Gasteiger partial charge in [-0.2, -0.15) is 0 Å². The van der Waals surface area contributed by atoms with Gasteiger partial charge in [0, 0.05) is 12.7 Å². The summed E-state index contributed by atoms with van der Waals surface area (Å²) >= 11 is 3.99. The van der Waals surface area contributed by atoms with Crippen molar-refractivity contribution in [3.63, 3.8) is 0 Å². The molecule has 4 N–H and O–H groups in total. The molecule has 22 heavy (non-hydrogen) atoms. The summed E-state index contributed by atoms with van der Waals surface area (Å²) in [5.74, 6) is -0.737. The highest BCUT2D eigenvalue weighted by Gasteiger charge is 2.11. The molecule has 1 amide bonds. The van der Waals surface area contributed by atoms with Gasteiger partial charge in [-0.05, 0) is 17.2 Å². The van der Waals surface area contributed by atoms with Crippen molar-refractivity contribution in [2.24, 2.45) is 5.73 Å². The lowest BCUT2D eigenvalue weighted by atomic mass is 10.1. The van der Waals surface area contributed by atoms with Crippen molar-refractivity contribution in [2.75, 3.05) is 0 Å². The van der Waals surface area contributed by atoms with Crippen LogP contribution in [0, 0.1) is 5.41 Å². The van der Waals surface area contributed by atoms with E-state index in [-0.39, 0.29) is 28.4 Å². The average molecular weight is 340 g/mol. The van der Waals surface area contributed by atoms with Crippen LogP contribution in [-0.4, -0.2) is 19.2 Å². The largest absolute Gasteiger partial charge is 0.365 e. The van der Waals surface area contributed by atoms with E-state index in [0.717, 1.165) is 5.56 Å². The maximum absolute atomic E-state index is 11.3. The molecule has 1 unspecified atom stereocenters. The van der Waals surface area contributed by atoms with Crippen LogP contribution in [0.2, 0.25) is 5.02 Å². The topological polar surface area (TPSA) is 109 Å². The Morgan fingerprint density at radius 3 is 2.59 bits per heavy atom. The molecule has 2 rings (SSSR count). The van der Waals surface area contributed by atoms with Crippen molar-refractivity contribution >= 4 is 28.6 Å². The van der Waals surface area contributed by atoms with Gasteiger partial charge < -0.3 is 14.9 Å². The van der Waals surface area contributed by atoms with Crippen LogP contribution in [0.15, 0.2) is 36.5 Å². The number of nitrogens with zero attached hydrogens (tertiary/aromatic N) is 1. The molecule has 0 aliphatic carbocycles. The third kappa shape index (κ3) is 3.82. The molecule has 6 nitrogen and oxygen atoms in total. The summed E-state index contributed by atoms with van der Waals surface area (Å²) in [5.41, 5.74) is 6.66. The van der Waals surface area contributed by atoms with E-state index in [0.29, 0.717) is 5.56 Å². The highest BCUT2D eigenvalue weighted by molar-refractivity contribution is 7.78. The van der Waals surface area contributed by atoms with Gasteiger partial charge in [-0.25, -0.2) is 4.21 Å². The van der Waals surface area contributed by atoms with Gasteiger partial charge in [0.2, 0.25) is 0 Å². The lowest BCUT2D eigenvalue weighted by molar-refractivity contribution is 0.0997. The first kappa shape index (κ1) is 16.4. The van der Waals surface area contributed by atoms with Gasteiger partial charge in [-0.1, -0.05) is 35.9 Å². The van der Waals surface area contributed by atoms with Crippen LogP contribution in [0.1, 0.15) is 21.5 Å². The van der Waals surface area contributed by atoms with E-state index in [1.54, 1.807) is 24.3 Å². The third-order valence-corrected chi connectivity index (χ3v) is 3.87. The number of aromatic nitrogens is 1. The van der Waals surface area contributed by atoms with Crippen molar-refractivity contribution in [3.05, 3.63) is 63.7 Å². The number of carbonyl (C=O) groups excluding carboxylic acids is 1.